The number of benzene rings is 1. The van der Waals surface area contributed by atoms with E-state index in [9.17, 15) is 4.79 Å². The first-order chi connectivity index (χ1) is 14.2. The van der Waals surface area contributed by atoms with Crippen LogP contribution in [0.3, 0.4) is 0 Å². The molecule has 2 aliphatic heterocycles. The lowest BCUT2D eigenvalue weighted by atomic mass is 9.60. The highest BCUT2D eigenvalue weighted by Crippen LogP contribution is 2.58. The Kier molecular flexibility index (Phi) is 6.76. The Balaban J connectivity index is 1.35. The number of ether oxygens (including phenoxy) is 1. The van der Waals surface area contributed by atoms with Crippen LogP contribution in [-0.4, -0.2) is 61.8 Å². The zero-order chi connectivity index (χ0) is 20.1. The molecular formula is C24H37N3O2. The predicted octanol–water partition coefficient (Wildman–Crippen LogP) is 4.20. The highest BCUT2D eigenvalue weighted by molar-refractivity contribution is 5.74. The third kappa shape index (κ3) is 4.46. The topological polar surface area (TPSA) is 44.8 Å². The van der Waals surface area contributed by atoms with Crippen LogP contribution in [0.25, 0.3) is 0 Å². The van der Waals surface area contributed by atoms with Crippen molar-refractivity contribution in [2.45, 2.75) is 63.5 Å². The van der Waals surface area contributed by atoms with Gasteiger partial charge in [-0.05, 0) is 37.7 Å². The first-order valence-corrected chi connectivity index (χ1v) is 11.6. The summed E-state index contributed by atoms with van der Waals surface area (Å²) in [5.74, 6) is 0. The summed E-state index contributed by atoms with van der Waals surface area (Å²) < 4.78 is 5.05. The van der Waals surface area contributed by atoms with Gasteiger partial charge in [-0.15, -0.1) is 0 Å². The molecule has 5 heteroatoms. The minimum atomic E-state index is 0.0894. The van der Waals surface area contributed by atoms with Gasteiger partial charge in [0.05, 0.1) is 0 Å². The number of piperidine rings is 1. The fraction of sp³-hybridized carbons (Fsp3) is 0.708. The Bertz CT molecular complexity index is 651. The van der Waals surface area contributed by atoms with Crippen LogP contribution in [0.5, 0.6) is 0 Å². The summed E-state index contributed by atoms with van der Waals surface area (Å²) >= 11 is 0. The summed E-state index contributed by atoms with van der Waals surface area (Å²) in [6.45, 7) is 4.37. The van der Waals surface area contributed by atoms with E-state index in [1.165, 1.54) is 44.2 Å². The quantitative estimate of drug-likeness (QED) is 0.729. The van der Waals surface area contributed by atoms with E-state index in [2.05, 4.69) is 40.5 Å². The van der Waals surface area contributed by atoms with E-state index in [1.807, 2.05) is 4.90 Å². The molecule has 1 spiro atoms. The van der Waals surface area contributed by atoms with Crippen molar-refractivity contribution >= 4 is 6.03 Å². The number of nitrogens with one attached hydrogen (secondary N) is 1. The second-order valence-corrected chi connectivity index (χ2v) is 9.21. The predicted molar refractivity (Wildman–Crippen MR) is 116 cm³/mol. The fourth-order valence-corrected chi connectivity index (χ4v) is 5.91. The van der Waals surface area contributed by atoms with Crippen LogP contribution < -0.4 is 5.32 Å². The van der Waals surface area contributed by atoms with Gasteiger partial charge < -0.3 is 15.0 Å². The molecule has 1 atom stereocenters. The first kappa shape index (κ1) is 20.7. The zero-order valence-electron chi connectivity index (χ0n) is 17.9. The van der Waals surface area contributed by atoms with Crippen molar-refractivity contribution in [3.05, 3.63) is 35.9 Å². The van der Waals surface area contributed by atoms with Gasteiger partial charge in [0.25, 0.3) is 0 Å². The normalized spacial score (nSPS) is 25.0. The second kappa shape index (κ2) is 9.48. The van der Waals surface area contributed by atoms with E-state index in [4.69, 9.17) is 4.74 Å². The summed E-state index contributed by atoms with van der Waals surface area (Å²) in [6, 6.07) is 12.4. The van der Waals surface area contributed by atoms with Crippen LogP contribution in [-0.2, 0) is 4.74 Å². The molecule has 2 amide bonds. The molecule has 1 unspecified atom stereocenters. The Morgan fingerprint density at radius 1 is 1.14 bits per heavy atom. The standard InChI is InChI=1S/C24H37N3O2/c1-29-18-8-15-25-23(28)26-16-11-21(12-17-26)27-19-24(13-6-3-7-14-24)22(27)20-9-4-2-5-10-20/h2,4-5,9-10,21-22H,3,6-8,11-19H2,1H3,(H,25,28). The largest absolute Gasteiger partial charge is 0.385 e. The fourth-order valence-electron chi connectivity index (χ4n) is 5.91. The van der Waals surface area contributed by atoms with Crippen LogP contribution in [0.4, 0.5) is 4.79 Å². The zero-order valence-corrected chi connectivity index (χ0v) is 17.9. The molecule has 1 N–H and O–H groups in total. The van der Waals surface area contributed by atoms with Crippen molar-refractivity contribution < 1.29 is 9.53 Å². The average Bonchev–Trinajstić information content (AvgIpc) is 2.76. The Labute approximate surface area is 175 Å². The van der Waals surface area contributed by atoms with Gasteiger partial charge in [-0.2, -0.15) is 0 Å². The number of hydrogen-bond acceptors (Lipinski definition) is 3. The number of carbonyl (C=O) groups excluding carboxylic acids is 1. The van der Waals surface area contributed by atoms with Gasteiger partial charge >= 0.3 is 6.03 Å². The van der Waals surface area contributed by atoms with Crippen molar-refractivity contribution in [3.63, 3.8) is 0 Å². The monoisotopic (exact) mass is 399 g/mol. The lowest BCUT2D eigenvalue weighted by molar-refractivity contribution is -0.132. The number of amides is 2. The highest BCUT2D eigenvalue weighted by atomic mass is 16.5. The minimum absolute atomic E-state index is 0.0894. The smallest absolute Gasteiger partial charge is 0.317 e. The average molecular weight is 400 g/mol. The van der Waals surface area contributed by atoms with Crippen LogP contribution >= 0.6 is 0 Å². The summed E-state index contributed by atoms with van der Waals surface area (Å²) in [4.78, 5) is 17.2. The molecule has 1 aromatic rings. The number of hydrogen-bond donors (Lipinski definition) is 1. The van der Waals surface area contributed by atoms with E-state index >= 15 is 0 Å². The third-order valence-electron chi connectivity index (χ3n) is 7.40. The maximum atomic E-state index is 12.4. The molecule has 1 saturated carbocycles. The number of carbonyl (C=O) groups is 1. The SMILES string of the molecule is COCCCNC(=O)N1CCC(N2CC3(CCCCC3)C2c2ccccc2)CC1. The van der Waals surface area contributed by atoms with Gasteiger partial charge in [0.15, 0.2) is 0 Å². The number of urea groups is 1. The Morgan fingerprint density at radius 3 is 2.55 bits per heavy atom. The van der Waals surface area contributed by atoms with E-state index in [1.54, 1.807) is 7.11 Å². The molecule has 0 aromatic heterocycles. The summed E-state index contributed by atoms with van der Waals surface area (Å²) in [5, 5.41) is 3.03. The molecular weight excluding hydrogens is 362 g/mol. The summed E-state index contributed by atoms with van der Waals surface area (Å²) in [5.41, 5.74) is 1.99. The molecule has 3 fully saturated rings. The van der Waals surface area contributed by atoms with E-state index in [-0.39, 0.29) is 6.03 Å². The van der Waals surface area contributed by atoms with Gasteiger partial charge in [0.1, 0.15) is 0 Å². The third-order valence-corrected chi connectivity index (χ3v) is 7.40. The van der Waals surface area contributed by atoms with Gasteiger partial charge in [-0.1, -0.05) is 49.6 Å². The van der Waals surface area contributed by atoms with Crippen LogP contribution in [0, 0.1) is 5.41 Å². The van der Waals surface area contributed by atoms with Gasteiger partial charge in [-0.3, -0.25) is 4.90 Å². The maximum absolute atomic E-state index is 12.4. The van der Waals surface area contributed by atoms with Crippen molar-refractivity contribution in [2.24, 2.45) is 5.41 Å². The molecule has 1 aromatic carbocycles. The van der Waals surface area contributed by atoms with E-state index < -0.39 is 0 Å². The minimum Gasteiger partial charge on any atom is -0.385 e. The lowest BCUT2D eigenvalue weighted by Crippen LogP contribution is -2.64. The van der Waals surface area contributed by atoms with Crippen molar-refractivity contribution in [1.29, 1.82) is 0 Å². The van der Waals surface area contributed by atoms with Crippen molar-refractivity contribution in [1.82, 2.24) is 15.1 Å². The summed E-state index contributed by atoms with van der Waals surface area (Å²) in [6.07, 6.45) is 9.99. The maximum Gasteiger partial charge on any atom is 0.317 e. The molecule has 3 aliphatic rings. The first-order valence-electron chi connectivity index (χ1n) is 11.6. The van der Waals surface area contributed by atoms with Crippen molar-refractivity contribution in [2.75, 3.05) is 39.9 Å². The second-order valence-electron chi connectivity index (χ2n) is 9.21. The van der Waals surface area contributed by atoms with E-state index in [0.717, 1.165) is 32.4 Å². The number of rotatable bonds is 6. The summed E-state index contributed by atoms with van der Waals surface area (Å²) in [7, 11) is 1.70. The van der Waals surface area contributed by atoms with Crippen LogP contribution in [0.1, 0.15) is 63.0 Å². The van der Waals surface area contributed by atoms with E-state index in [0.29, 0.717) is 30.7 Å². The lowest BCUT2D eigenvalue weighted by Gasteiger charge is -2.63. The number of nitrogens with zero attached hydrogens (tertiary/aromatic N) is 2. The molecule has 2 saturated heterocycles. The van der Waals surface area contributed by atoms with Crippen LogP contribution in [0.15, 0.2) is 30.3 Å². The van der Waals surface area contributed by atoms with Gasteiger partial charge in [-0.25, -0.2) is 4.79 Å². The van der Waals surface area contributed by atoms with Crippen molar-refractivity contribution in [3.8, 4) is 0 Å². The number of likely N-dealkylation sites (tertiary alicyclic amines) is 2. The molecule has 160 valence electrons. The Morgan fingerprint density at radius 2 is 1.86 bits per heavy atom. The molecule has 0 bridgehead atoms. The highest BCUT2D eigenvalue weighted by Gasteiger charge is 2.54. The molecule has 1 aliphatic carbocycles. The van der Waals surface area contributed by atoms with Gasteiger partial charge in [0, 0.05) is 57.4 Å². The Hall–Kier alpha value is -1.59. The molecule has 0 radical (unpaired) electrons. The number of methoxy groups -OCH3 is 1. The molecule has 5 nitrogen and oxygen atoms in total. The molecule has 4 rings (SSSR count). The molecule has 2 heterocycles. The van der Waals surface area contributed by atoms with Crippen LogP contribution in [0.2, 0.25) is 0 Å². The molecule has 29 heavy (non-hydrogen) atoms. The van der Waals surface area contributed by atoms with Gasteiger partial charge in [0.2, 0.25) is 0 Å².